The van der Waals surface area contributed by atoms with E-state index in [9.17, 15) is 4.79 Å². The van der Waals surface area contributed by atoms with Crippen molar-refractivity contribution in [3.05, 3.63) is 47.4 Å². The number of carbonyl (C=O) groups is 1. The molecule has 0 saturated heterocycles. The Labute approximate surface area is 118 Å². The molecule has 0 N–H and O–H groups in total. The first-order valence-electron chi connectivity index (χ1n) is 5.86. The van der Waals surface area contributed by atoms with Gasteiger partial charge in [-0.05, 0) is 11.4 Å². The molecule has 0 spiro atoms. The van der Waals surface area contributed by atoms with Crippen molar-refractivity contribution in [3.8, 4) is 10.8 Å². The van der Waals surface area contributed by atoms with Crippen LogP contribution in [0.4, 0.5) is 0 Å². The van der Waals surface area contributed by atoms with Crippen molar-refractivity contribution in [1.82, 2.24) is 14.8 Å². The third-order valence-corrected chi connectivity index (χ3v) is 3.43. The predicted molar refractivity (Wildman–Crippen MR) is 72.1 cm³/mol. The maximum absolute atomic E-state index is 11.7. The van der Waals surface area contributed by atoms with Crippen molar-refractivity contribution >= 4 is 17.3 Å². The molecule has 0 radical (unpaired) electrons. The van der Waals surface area contributed by atoms with Gasteiger partial charge in [-0.15, -0.1) is 11.3 Å². The van der Waals surface area contributed by atoms with E-state index in [1.807, 2.05) is 17.5 Å². The lowest BCUT2D eigenvalue weighted by atomic mass is 10.4. The average Bonchev–Trinajstić information content (AvgIpc) is 3.16. The molecule has 3 aromatic heterocycles. The van der Waals surface area contributed by atoms with E-state index in [-0.39, 0.29) is 6.61 Å². The second-order valence-electron chi connectivity index (χ2n) is 4.10. The van der Waals surface area contributed by atoms with Crippen LogP contribution in [-0.2, 0) is 18.4 Å². The van der Waals surface area contributed by atoms with Crippen LogP contribution in [0.2, 0.25) is 0 Å². The summed E-state index contributed by atoms with van der Waals surface area (Å²) in [4.78, 5) is 16.9. The number of ether oxygens (including phenoxy) is 1. The highest BCUT2D eigenvalue weighted by Gasteiger charge is 2.12. The molecule has 0 fully saturated rings. The van der Waals surface area contributed by atoms with Gasteiger partial charge in [-0.25, -0.2) is 9.78 Å². The highest BCUT2D eigenvalue weighted by Crippen LogP contribution is 2.23. The second kappa shape index (κ2) is 5.30. The van der Waals surface area contributed by atoms with Crippen molar-refractivity contribution < 1.29 is 13.9 Å². The number of hydrogen-bond donors (Lipinski definition) is 0. The molecule has 0 atom stereocenters. The minimum Gasteiger partial charge on any atom is -0.455 e. The van der Waals surface area contributed by atoms with Crippen LogP contribution in [0.25, 0.3) is 10.8 Å². The van der Waals surface area contributed by atoms with Crippen LogP contribution in [0.15, 0.2) is 40.6 Å². The van der Waals surface area contributed by atoms with Gasteiger partial charge in [0.1, 0.15) is 18.6 Å². The summed E-state index contributed by atoms with van der Waals surface area (Å²) >= 11 is 1.54. The van der Waals surface area contributed by atoms with E-state index >= 15 is 0 Å². The van der Waals surface area contributed by atoms with Gasteiger partial charge in [-0.2, -0.15) is 5.10 Å². The maximum Gasteiger partial charge on any atom is 0.341 e. The summed E-state index contributed by atoms with van der Waals surface area (Å²) in [6, 6.07) is 3.84. The zero-order chi connectivity index (χ0) is 13.9. The number of rotatable bonds is 4. The van der Waals surface area contributed by atoms with Gasteiger partial charge < -0.3 is 9.15 Å². The first kappa shape index (κ1) is 12.6. The Morgan fingerprint density at radius 2 is 2.45 bits per heavy atom. The van der Waals surface area contributed by atoms with E-state index in [2.05, 4.69) is 10.1 Å². The van der Waals surface area contributed by atoms with Crippen LogP contribution in [0.3, 0.4) is 0 Å². The summed E-state index contributed by atoms with van der Waals surface area (Å²) < 4.78 is 12.0. The number of thiophene rings is 1. The molecule has 0 aliphatic carbocycles. The topological polar surface area (TPSA) is 70.2 Å². The minimum atomic E-state index is -0.432. The predicted octanol–water partition coefficient (Wildman–Crippen LogP) is 2.49. The maximum atomic E-state index is 11.7. The molecular weight excluding hydrogens is 278 g/mol. The number of aromatic nitrogens is 3. The Bertz CT molecular complexity index is 715. The molecule has 3 aromatic rings. The quantitative estimate of drug-likeness (QED) is 0.690. The molecule has 7 heteroatoms. The van der Waals surface area contributed by atoms with E-state index in [1.54, 1.807) is 17.9 Å². The fourth-order valence-corrected chi connectivity index (χ4v) is 2.29. The summed E-state index contributed by atoms with van der Waals surface area (Å²) in [6.45, 7) is 0.0720. The molecule has 0 aliphatic heterocycles. The average molecular weight is 289 g/mol. The standard InChI is InChI=1S/C13H11N3O3S/c1-16-6-9(5-14-16)13(17)19-8-10-7-18-12(15-10)11-3-2-4-20-11/h2-7H,8H2,1H3. The Kier molecular flexibility index (Phi) is 3.34. The van der Waals surface area contributed by atoms with Gasteiger partial charge in [0.15, 0.2) is 0 Å². The smallest absolute Gasteiger partial charge is 0.341 e. The summed E-state index contributed by atoms with van der Waals surface area (Å²) in [5.74, 6) is 0.103. The number of hydrogen-bond acceptors (Lipinski definition) is 6. The van der Waals surface area contributed by atoms with Crippen LogP contribution in [0.1, 0.15) is 16.1 Å². The van der Waals surface area contributed by atoms with Crippen LogP contribution >= 0.6 is 11.3 Å². The molecule has 0 aromatic carbocycles. The molecule has 102 valence electrons. The van der Waals surface area contributed by atoms with Gasteiger partial charge in [0.05, 0.1) is 16.6 Å². The second-order valence-corrected chi connectivity index (χ2v) is 5.05. The molecule has 0 saturated carbocycles. The van der Waals surface area contributed by atoms with E-state index in [0.29, 0.717) is 17.1 Å². The molecule has 0 bridgehead atoms. The normalized spacial score (nSPS) is 10.7. The van der Waals surface area contributed by atoms with E-state index in [1.165, 1.54) is 23.8 Å². The zero-order valence-electron chi connectivity index (χ0n) is 10.6. The highest BCUT2D eigenvalue weighted by atomic mass is 32.1. The third-order valence-electron chi connectivity index (χ3n) is 2.58. The fraction of sp³-hybridized carbons (Fsp3) is 0.154. The lowest BCUT2D eigenvalue weighted by molar-refractivity contribution is 0.0467. The van der Waals surface area contributed by atoms with Gasteiger partial charge in [0.25, 0.3) is 0 Å². The Hall–Kier alpha value is -2.41. The zero-order valence-corrected chi connectivity index (χ0v) is 11.5. The van der Waals surface area contributed by atoms with Gasteiger partial charge in [-0.1, -0.05) is 6.07 Å². The van der Waals surface area contributed by atoms with Crippen molar-refractivity contribution in [3.63, 3.8) is 0 Å². The largest absolute Gasteiger partial charge is 0.455 e. The minimum absolute atomic E-state index is 0.0720. The number of oxazole rings is 1. The number of esters is 1. The van der Waals surface area contributed by atoms with E-state index < -0.39 is 5.97 Å². The van der Waals surface area contributed by atoms with Crippen molar-refractivity contribution in [2.45, 2.75) is 6.61 Å². The summed E-state index contributed by atoms with van der Waals surface area (Å²) in [7, 11) is 1.74. The van der Waals surface area contributed by atoms with Gasteiger partial charge >= 0.3 is 5.97 Å². The third kappa shape index (κ3) is 2.62. The molecule has 0 amide bonds. The lowest BCUT2D eigenvalue weighted by Gasteiger charge is -1.99. The number of nitrogens with zero attached hydrogens (tertiary/aromatic N) is 3. The first-order valence-corrected chi connectivity index (χ1v) is 6.74. The number of carbonyl (C=O) groups excluding carboxylic acids is 1. The SMILES string of the molecule is Cn1cc(C(=O)OCc2coc(-c3cccs3)n2)cn1. The van der Waals surface area contributed by atoms with Crippen LogP contribution < -0.4 is 0 Å². The molecule has 3 heterocycles. The summed E-state index contributed by atoms with van der Waals surface area (Å²) in [6.07, 6.45) is 4.55. The Balaban J connectivity index is 1.63. The van der Waals surface area contributed by atoms with E-state index in [4.69, 9.17) is 9.15 Å². The first-order chi connectivity index (χ1) is 9.72. The van der Waals surface area contributed by atoms with Gasteiger partial charge in [0, 0.05) is 13.2 Å². The van der Waals surface area contributed by atoms with Gasteiger partial charge in [-0.3, -0.25) is 4.68 Å². The van der Waals surface area contributed by atoms with Crippen LogP contribution in [-0.4, -0.2) is 20.7 Å². The van der Waals surface area contributed by atoms with E-state index in [0.717, 1.165) is 4.88 Å². The monoisotopic (exact) mass is 289 g/mol. The Morgan fingerprint density at radius 1 is 1.55 bits per heavy atom. The number of aryl methyl sites for hydroxylation is 1. The van der Waals surface area contributed by atoms with Crippen molar-refractivity contribution in [2.75, 3.05) is 0 Å². The highest BCUT2D eigenvalue weighted by molar-refractivity contribution is 7.13. The van der Waals surface area contributed by atoms with Gasteiger partial charge in [0.2, 0.25) is 5.89 Å². The molecule has 0 unspecified atom stereocenters. The molecule has 20 heavy (non-hydrogen) atoms. The molecular formula is C13H11N3O3S. The lowest BCUT2D eigenvalue weighted by Crippen LogP contribution is -2.04. The Morgan fingerprint density at radius 3 is 3.15 bits per heavy atom. The summed E-state index contributed by atoms with van der Waals surface area (Å²) in [5, 5.41) is 5.86. The van der Waals surface area contributed by atoms with Crippen molar-refractivity contribution in [1.29, 1.82) is 0 Å². The molecule has 0 aliphatic rings. The summed E-state index contributed by atoms with van der Waals surface area (Å²) in [5.41, 5.74) is 0.986. The van der Waals surface area contributed by atoms with Crippen molar-refractivity contribution in [2.24, 2.45) is 7.05 Å². The fourth-order valence-electron chi connectivity index (χ4n) is 1.64. The van der Waals surface area contributed by atoms with Crippen LogP contribution in [0, 0.1) is 0 Å². The molecule has 6 nitrogen and oxygen atoms in total. The molecule has 3 rings (SSSR count). The van der Waals surface area contributed by atoms with Crippen LogP contribution in [0.5, 0.6) is 0 Å².